The summed E-state index contributed by atoms with van der Waals surface area (Å²) in [6.45, 7) is 5.76. The molecule has 0 radical (unpaired) electrons. The number of carbonyl (C=O) groups excluding carboxylic acids is 3. The highest BCUT2D eigenvalue weighted by atomic mass is 16.6. The number of carbonyl (C=O) groups is 3. The number of rotatable bonds is 3. The van der Waals surface area contributed by atoms with Crippen LogP contribution in [0.15, 0.2) is 0 Å². The molecule has 0 aromatic rings. The van der Waals surface area contributed by atoms with Gasteiger partial charge in [-0.2, -0.15) is 0 Å². The van der Waals surface area contributed by atoms with Crippen molar-refractivity contribution in [3.63, 3.8) is 0 Å². The Morgan fingerprint density at radius 3 is 2.53 bits per heavy atom. The average molecular weight is 271 g/mol. The van der Waals surface area contributed by atoms with Crippen LogP contribution in [0.2, 0.25) is 0 Å². The van der Waals surface area contributed by atoms with Crippen LogP contribution in [0.4, 0.5) is 4.79 Å². The third-order valence-corrected chi connectivity index (χ3v) is 2.75. The van der Waals surface area contributed by atoms with Crippen LogP contribution in [0.5, 0.6) is 0 Å². The predicted octanol–water partition coefficient (Wildman–Crippen LogP) is 0.335. The Morgan fingerprint density at radius 1 is 1.37 bits per heavy atom. The van der Waals surface area contributed by atoms with Gasteiger partial charge < -0.3 is 4.74 Å². The first-order valence-electron chi connectivity index (χ1n) is 6.26. The molecule has 0 bridgehead atoms. The first-order chi connectivity index (χ1) is 8.74. The van der Waals surface area contributed by atoms with E-state index in [-0.39, 0.29) is 12.2 Å². The lowest BCUT2D eigenvalue weighted by atomic mass is 10.1. The van der Waals surface area contributed by atoms with E-state index in [0.717, 1.165) is 6.42 Å². The second-order valence-electron chi connectivity index (χ2n) is 5.54. The van der Waals surface area contributed by atoms with E-state index >= 15 is 0 Å². The molecule has 1 aliphatic heterocycles. The molecule has 0 unspecified atom stereocenters. The number of hydrazine groups is 1. The first kappa shape index (κ1) is 15.4. The summed E-state index contributed by atoms with van der Waals surface area (Å²) >= 11 is 0. The molecule has 0 aromatic heterocycles. The van der Waals surface area contributed by atoms with Gasteiger partial charge in [0.2, 0.25) is 5.91 Å². The van der Waals surface area contributed by atoms with Gasteiger partial charge in [0.1, 0.15) is 5.60 Å². The summed E-state index contributed by atoms with van der Waals surface area (Å²) in [5.41, 5.74) is 1.30. The van der Waals surface area contributed by atoms with Gasteiger partial charge in [-0.1, -0.05) is 0 Å². The van der Waals surface area contributed by atoms with E-state index in [2.05, 4.69) is 0 Å². The molecule has 1 saturated heterocycles. The van der Waals surface area contributed by atoms with Crippen LogP contribution in [-0.4, -0.2) is 40.9 Å². The highest BCUT2D eigenvalue weighted by molar-refractivity contribution is 6.01. The predicted molar refractivity (Wildman–Crippen MR) is 67.9 cm³/mol. The summed E-state index contributed by atoms with van der Waals surface area (Å²) in [5.74, 6) is 4.07. The molecule has 0 aromatic carbocycles. The maximum absolute atomic E-state index is 12.0. The quantitative estimate of drug-likeness (QED) is 0.333. The van der Waals surface area contributed by atoms with Gasteiger partial charge in [0.15, 0.2) is 5.78 Å². The van der Waals surface area contributed by atoms with Crippen molar-refractivity contribution in [1.29, 1.82) is 0 Å². The van der Waals surface area contributed by atoms with Crippen molar-refractivity contribution in [2.24, 2.45) is 5.84 Å². The fourth-order valence-electron chi connectivity index (χ4n) is 1.97. The van der Waals surface area contributed by atoms with E-state index in [1.54, 1.807) is 20.8 Å². The van der Waals surface area contributed by atoms with Crippen LogP contribution in [0.3, 0.4) is 0 Å². The molecule has 3 N–H and O–H groups in total. The lowest BCUT2D eigenvalue weighted by molar-refractivity contribution is -0.130. The molecule has 1 aliphatic rings. The molecule has 0 spiro atoms. The Balaban J connectivity index is 2.66. The van der Waals surface area contributed by atoms with Gasteiger partial charge in [0.25, 0.3) is 0 Å². The van der Waals surface area contributed by atoms with Crippen LogP contribution in [0.25, 0.3) is 0 Å². The summed E-state index contributed by atoms with van der Waals surface area (Å²) in [5, 5.41) is 0. The number of amides is 2. The van der Waals surface area contributed by atoms with Crippen molar-refractivity contribution >= 4 is 17.8 Å². The summed E-state index contributed by atoms with van der Waals surface area (Å²) in [4.78, 5) is 36.4. The van der Waals surface area contributed by atoms with E-state index in [4.69, 9.17) is 10.6 Å². The summed E-state index contributed by atoms with van der Waals surface area (Å²) in [6, 6.07) is -0.591. The van der Waals surface area contributed by atoms with Gasteiger partial charge in [-0.25, -0.2) is 10.6 Å². The van der Waals surface area contributed by atoms with Crippen molar-refractivity contribution in [2.45, 2.75) is 51.7 Å². The number of hydrogen-bond acceptors (Lipinski definition) is 5. The second-order valence-corrected chi connectivity index (χ2v) is 5.54. The first-order valence-corrected chi connectivity index (χ1v) is 6.26. The maximum atomic E-state index is 12.0. The number of ketones is 1. The van der Waals surface area contributed by atoms with Crippen LogP contribution in [0.1, 0.15) is 40.0 Å². The number of nitrogens with two attached hydrogens (primary N) is 1. The van der Waals surface area contributed by atoms with E-state index < -0.39 is 23.6 Å². The number of hydrogen-bond donors (Lipinski definition) is 2. The minimum Gasteiger partial charge on any atom is -0.444 e. The van der Waals surface area contributed by atoms with Crippen LogP contribution >= 0.6 is 0 Å². The third-order valence-electron chi connectivity index (χ3n) is 2.75. The lowest BCUT2D eigenvalue weighted by Crippen LogP contribution is -2.45. The van der Waals surface area contributed by atoms with E-state index in [0.29, 0.717) is 13.0 Å². The summed E-state index contributed by atoms with van der Waals surface area (Å²) < 4.78 is 5.24. The van der Waals surface area contributed by atoms with Gasteiger partial charge in [0, 0.05) is 6.54 Å². The van der Waals surface area contributed by atoms with Crippen LogP contribution in [-0.2, 0) is 14.3 Å². The van der Waals surface area contributed by atoms with Crippen molar-refractivity contribution in [3.05, 3.63) is 0 Å². The molecule has 7 heteroatoms. The highest BCUT2D eigenvalue weighted by Gasteiger charge is 2.36. The topological polar surface area (TPSA) is 102 Å². The maximum Gasteiger partial charge on any atom is 0.410 e. The van der Waals surface area contributed by atoms with Gasteiger partial charge >= 0.3 is 6.09 Å². The molecule has 108 valence electrons. The normalized spacial score (nSPS) is 19.2. The standard InChI is InChI=1S/C12H21N3O4/c1-12(2,3)19-11(18)15-6-4-5-8(15)9(16)7-10(17)14-13/h8H,4-7,13H2,1-3H3,(H,14,17)/t8-/m0/s1. The minimum atomic E-state index is -0.609. The fraction of sp³-hybridized carbons (Fsp3) is 0.750. The monoisotopic (exact) mass is 271 g/mol. The Morgan fingerprint density at radius 2 is 2.00 bits per heavy atom. The molecular formula is C12H21N3O4. The van der Waals surface area contributed by atoms with Gasteiger partial charge in [-0.3, -0.25) is 19.9 Å². The molecule has 1 atom stereocenters. The van der Waals surface area contributed by atoms with Crippen molar-refractivity contribution in [2.75, 3.05) is 6.54 Å². The van der Waals surface area contributed by atoms with Gasteiger partial charge in [-0.05, 0) is 33.6 Å². The Hall–Kier alpha value is -1.63. The van der Waals surface area contributed by atoms with Crippen molar-refractivity contribution in [3.8, 4) is 0 Å². The molecule has 19 heavy (non-hydrogen) atoms. The molecule has 1 fully saturated rings. The SMILES string of the molecule is CC(C)(C)OC(=O)N1CCC[C@H]1C(=O)CC(=O)NN. The molecule has 7 nitrogen and oxygen atoms in total. The number of likely N-dealkylation sites (tertiary alicyclic amines) is 1. The summed E-state index contributed by atoms with van der Waals surface area (Å²) in [7, 11) is 0. The lowest BCUT2D eigenvalue weighted by Gasteiger charge is -2.27. The molecule has 1 rings (SSSR count). The number of nitrogens with zero attached hydrogens (tertiary/aromatic N) is 1. The van der Waals surface area contributed by atoms with Crippen LogP contribution in [0, 0.1) is 0 Å². The van der Waals surface area contributed by atoms with E-state index in [1.165, 1.54) is 4.90 Å². The molecular weight excluding hydrogens is 250 g/mol. The molecule has 0 saturated carbocycles. The Kier molecular flexibility index (Phi) is 4.88. The van der Waals surface area contributed by atoms with E-state index in [1.807, 2.05) is 5.43 Å². The Bertz CT molecular complexity index is 376. The number of ether oxygens (including phenoxy) is 1. The summed E-state index contributed by atoms with van der Waals surface area (Å²) in [6.07, 6.45) is 0.438. The average Bonchev–Trinajstić information content (AvgIpc) is 2.75. The second kappa shape index (κ2) is 6.01. The molecule has 1 heterocycles. The highest BCUT2D eigenvalue weighted by Crippen LogP contribution is 2.22. The number of nitrogens with one attached hydrogen (secondary N) is 1. The Labute approximate surface area is 112 Å². The van der Waals surface area contributed by atoms with E-state index in [9.17, 15) is 14.4 Å². The third kappa shape index (κ3) is 4.51. The fourth-order valence-corrected chi connectivity index (χ4v) is 1.97. The minimum absolute atomic E-state index is 0.314. The largest absolute Gasteiger partial charge is 0.444 e. The zero-order chi connectivity index (χ0) is 14.6. The smallest absolute Gasteiger partial charge is 0.410 e. The van der Waals surface area contributed by atoms with Crippen molar-refractivity contribution in [1.82, 2.24) is 10.3 Å². The van der Waals surface area contributed by atoms with Gasteiger partial charge in [-0.15, -0.1) is 0 Å². The van der Waals surface area contributed by atoms with Crippen LogP contribution < -0.4 is 11.3 Å². The zero-order valence-corrected chi connectivity index (χ0v) is 11.6. The molecule has 0 aliphatic carbocycles. The van der Waals surface area contributed by atoms with Crippen molar-refractivity contribution < 1.29 is 19.1 Å². The zero-order valence-electron chi connectivity index (χ0n) is 11.6. The van der Waals surface area contributed by atoms with Gasteiger partial charge in [0.05, 0.1) is 12.5 Å². The molecule has 2 amide bonds. The number of Topliss-reactive ketones (excluding diaryl/α,β-unsaturated/α-hetero) is 1.